The first kappa shape index (κ1) is 27.1. The Kier molecular flexibility index (Phi) is 5.89. The van der Waals surface area contributed by atoms with Crippen molar-refractivity contribution in [2.45, 2.75) is 35.4 Å². The number of carbonyl (C=O) groups is 4. The van der Waals surface area contributed by atoms with E-state index in [-0.39, 0.29) is 48.2 Å². The molecule has 0 spiro atoms. The van der Waals surface area contributed by atoms with Gasteiger partial charge in [0.1, 0.15) is 11.6 Å². The van der Waals surface area contributed by atoms with Crippen LogP contribution in [0.1, 0.15) is 31.2 Å². The predicted octanol–water partition coefficient (Wildman–Crippen LogP) is 5.27. The van der Waals surface area contributed by atoms with Crippen molar-refractivity contribution in [3.8, 4) is 5.75 Å². The van der Waals surface area contributed by atoms with Gasteiger partial charge in [0, 0.05) is 23.4 Å². The maximum Gasteiger partial charge on any atom is 0.258 e. The fourth-order valence-electron chi connectivity index (χ4n) is 7.63. The van der Waals surface area contributed by atoms with Gasteiger partial charge in [-0.15, -0.1) is 23.2 Å². The largest absolute Gasteiger partial charge is 0.507 e. The summed E-state index contributed by atoms with van der Waals surface area (Å²) >= 11 is 14.7. The highest BCUT2D eigenvalue weighted by Gasteiger charge is 2.76. The van der Waals surface area contributed by atoms with E-state index in [0.717, 1.165) is 22.4 Å². The lowest BCUT2D eigenvalue weighted by molar-refractivity contribution is -0.140. The smallest absolute Gasteiger partial charge is 0.258 e. The summed E-state index contributed by atoms with van der Waals surface area (Å²) in [5.74, 6) is -6.12. The van der Waals surface area contributed by atoms with Gasteiger partial charge in [-0.2, -0.15) is 0 Å². The number of imide groups is 2. The summed E-state index contributed by atoms with van der Waals surface area (Å²) in [7, 11) is 0. The monoisotopic (exact) mass is 606 g/mol. The molecule has 3 fully saturated rings. The molecule has 214 valence electrons. The number of rotatable bonds is 3. The molecule has 4 aliphatic rings. The van der Waals surface area contributed by atoms with Crippen molar-refractivity contribution < 1.29 is 28.7 Å². The van der Waals surface area contributed by atoms with Crippen LogP contribution in [0.15, 0.2) is 72.3 Å². The minimum atomic E-state index is -2.11. The normalized spacial score (nSPS) is 32.2. The number of carbonyl (C=O) groups excluding carboxylic acids is 4. The molecule has 4 amide bonds. The van der Waals surface area contributed by atoms with Gasteiger partial charge < -0.3 is 5.11 Å². The first-order valence-electron chi connectivity index (χ1n) is 13.8. The van der Waals surface area contributed by atoms with Gasteiger partial charge in [0.2, 0.25) is 11.8 Å². The Balaban J connectivity index is 1.48. The van der Waals surface area contributed by atoms with Crippen molar-refractivity contribution in [3.05, 3.63) is 83.7 Å². The average Bonchev–Trinajstić information content (AvgIpc) is 3.32. The first-order valence-corrected chi connectivity index (χ1v) is 14.6. The minimum absolute atomic E-state index is 0.0986. The van der Waals surface area contributed by atoms with Gasteiger partial charge in [0.15, 0.2) is 9.75 Å². The Morgan fingerprint density at radius 2 is 1.64 bits per heavy atom. The molecule has 1 saturated carbocycles. The Morgan fingerprint density at radius 1 is 0.929 bits per heavy atom. The average molecular weight is 607 g/mol. The van der Waals surface area contributed by atoms with Gasteiger partial charge in [0.25, 0.3) is 11.8 Å². The molecule has 3 aromatic rings. The zero-order valence-corrected chi connectivity index (χ0v) is 23.9. The molecule has 6 unspecified atom stereocenters. The highest BCUT2D eigenvalue weighted by atomic mass is 35.5. The molecule has 0 bridgehead atoms. The molecular weight excluding hydrogens is 582 g/mol. The number of nitrogens with zero attached hydrogens (tertiary/aromatic N) is 2. The molecule has 2 aliphatic heterocycles. The summed E-state index contributed by atoms with van der Waals surface area (Å²) in [6, 6.07) is 15.5. The van der Waals surface area contributed by atoms with Crippen LogP contribution in [-0.4, -0.2) is 49.9 Å². The van der Waals surface area contributed by atoms with Crippen molar-refractivity contribution in [1.82, 2.24) is 4.90 Å². The maximum absolute atomic E-state index is 14.4. The molecular formula is C32H25Cl2FN2O5. The van der Waals surface area contributed by atoms with Gasteiger partial charge >= 0.3 is 0 Å². The Hall–Kier alpha value is -3.75. The van der Waals surface area contributed by atoms with Crippen molar-refractivity contribution >= 4 is 63.3 Å². The van der Waals surface area contributed by atoms with E-state index in [1.807, 2.05) is 18.2 Å². The van der Waals surface area contributed by atoms with Crippen LogP contribution < -0.4 is 4.90 Å². The van der Waals surface area contributed by atoms with E-state index in [9.17, 15) is 28.7 Å². The summed E-state index contributed by atoms with van der Waals surface area (Å²) in [4.78, 5) is 53.4. The lowest BCUT2D eigenvalue weighted by Gasteiger charge is -2.50. The van der Waals surface area contributed by atoms with Crippen molar-refractivity contribution in [2.24, 2.45) is 17.8 Å². The number of halogens is 3. The van der Waals surface area contributed by atoms with Crippen LogP contribution in [0.2, 0.25) is 0 Å². The first-order chi connectivity index (χ1) is 20.0. The van der Waals surface area contributed by atoms with Gasteiger partial charge in [0.05, 0.1) is 17.5 Å². The number of phenolic OH excluding ortho intramolecular Hbond substituents is 1. The quantitative estimate of drug-likeness (QED) is 0.249. The molecule has 7 nitrogen and oxygen atoms in total. The third-order valence-electron chi connectivity index (χ3n) is 9.55. The van der Waals surface area contributed by atoms with E-state index >= 15 is 0 Å². The van der Waals surface area contributed by atoms with Gasteiger partial charge in [-0.25, -0.2) is 9.29 Å². The minimum Gasteiger partial charge on any atom is -0.507 e. The molecule has 1 N–H and O–H groups in total. The number of benzene rings is 3. The fraction of sp³-hybridized carbons (Fsp3) is 0.312. The summed E-state index contributed by atoms with van der Waals surface area (Å²) in [6.45, 7) is 1.94. The molecule has 7 rings (SSSR count). The second-order valence-corrected chi connectivity index (χ2v) is 12.6. The van der Waals surface area contributed by atoms with E-state index in [0.29, 0.717) is 11.0 Å². The van der Waals surface area contributed by atoms with Gasteiger partial charge in [-0.1, -0.05) is 48.0 Å². The molecule has 10 heteroatoms. The number of amides is 4. The Labute approximate surface area is 250 Å². The van der Waals surface area contributed by atoms with Gasteiger partial charge in [-0.05, 0) is 55.3 Å². The number of hydrogen-bond acceptors (Lipinski definition) is 5. The highest BCUT2D eigenvalue weighted by Crippen LogP contribution is 2.66. The second-order valence-electron chi connectivity index (χ2n) is 11.4. The number of aromatic hydroxyl groups is 1. The summed E-state index contributed by atoms with van der Waals surface area (Å²) in [6.07, 6.45) is 1.90. The molecule has 2 saturated heterocycles. The molecule has 6 atom stereocenters. The van der Waals surface area contributed by atoms with Crippen molar-refractivity contribution in [3.63, 3.8) is 0 Å². The number of anilines is 1. The van der Waals surface area contributed by atoms with Crippen LogP contribution in [0.25, 0.3) is 10.8 Å². The summed E-state index contributed by atoms with van der Waals surface area (Å²) < 4.78 is 13.8. The van der Waals surface area contributed by atoms with E-state index in [4.69, 9.17) is 23.2 Å². The topological polar surface area (TPSA) is 95.0 Å². The fourth-order valence-corrected chi connectivity index (χ4v) is 8.55. The zero-order valence-electron chi connectivity index (χ0n) is 22.4. The number of alkyl halides is 2. The number of hydrogen-bond donors (Lipinski definition) is 1. The standard InChI is InChI=1S/C32H25Cl2FN2O5/c1-2-36-27(39)21-14-13-20-23(24(21)28(36)40)15-31(33)29(41)37(18-10-8-17(35)9-11-18)30(42)32(31,34)25(20)22-12-7-16-5-3-4-6-19(16)26(22)38/h3-13,21,23-25,38H,2,14-15H2,1H3. The number of allylic oxidation sites excluding steroid dienone is 2. The summed E-state index contributed by atoms with van der Waals surface area (Å²) in [5, 5.41) is 12.9. The number of fused-ring (bicyclic) bond motifs is 5. The SMILES string of the molecule is CCN1C(=O)C2CC=C3C(CC4(Cl)C(=O)N(c5ccc(F)cc5)C(=O)C4(Cl)C3c3ccc4ccccc4c3O)C2C1=O. The highest BCUT2D eigenvalue weighted by molar-refractivity contribution is 6.58. The maximum atomic E-state index is 14.4. The van der Waals surface area contributed by atoms with Crippen molar-refractivity contribution in [2.75, 3.05) is 11.4 Å². The second kappa shape index (κ2) is 9.12. The molecule has 3 aromatic carbocycles. The van der Waals surface area contributed by atoms with Crippen molar-refractivity contribution in [1.29, 1.82) is 0 Å². The zero-order chi connectivity index (χ0) is 29.7. The van der Waals surface area contributed by atoms with E-state index in [1.165, 1.54) is 17.0 Å². The van der Waals surface area contributed by atoms with Gasteiger partial charge in [-0.3, -0.25) is 24.1 Å². The van der Waals surface area contributed by atoms with E-state index in [1.54, 1.807) is 31.2 Å². The third-order valence-corrected chi connectivity index (χ3v) is 11.0. The van der Waals surface area contributed by atoms with E-state index in [2.05, 4.69) is 0 Å². The van der Waals surface area contributed by atoms with Crippen LogP contribution in [0.4, 0.5) is 10.1 Å². The lowest BCUT2D eigenvalue weighted by Crippen LogP contribution is -2.60. The van der Waals surface area contributed by atoms with E-state index < -0.39 is 51.1 Å². The molecule has 2 heterocycles. The molecule has 2 aliphatic carbocycles. The molecule has 42 heavy (non-hydrogen) atoms. The lowest BCUT2D eigenvalue weighted by atomic mass is 9.56. The summed E-state index contributed by atoms with van der Waals surface area (Å²) in [5.41, 5.74) is 0.977. The van der Waals surface area contributed by atoms with Crippen LogP contribution in [-0.2, 0) is 19.2 Å². The molecule has 0 radical (unpaired) electrons. The number of likely N-dealkylation sites (tertiary alicyclic amines) is 1. The van der Waals surface area contributed by atoms with Crippen LogP contribution >= 0.6 is 23.2 Å². The van der Waals surface area contributed by atoms with Crippen LogP contribution in [0, 0.1) is 23.6 Å². The Morgan fingerprint density at radius 3 is 2.36 bits per heavy atom. The van der Waals surface area contributed by atoms with Crippen LogP contribution in [0.3, 0.4) is 0 Å². The number of phenols is 1. The predicted molar refractivity (Wildman–Crippen MR) is 155 cm³/mol. The Bertz CT molecular complexity index is 1760. The third kappa shape index (κ3) is 3.28. The van der Waals surface area contributed by atoms with Crippen LogP contribution in [0.5, 0.6) is 5.75 Å². The molecule has 0 aromatic heterocycles.